The molecule has 0 amide bonds. The first-order chi connectivity index (χ1) is 10.1. The minimum atomic E-state index is 0.651. The molecule has 0 spiro atoms. The second-order valence-corrected chi connectivity index (χ2v) is 5.57. The van der Waals surface area contributed by atoms with Gasteiger partial charge in [0.2, 0.25) is 0 Å². The normalized spacial score (nSPS) is 10.7. The van der Waals surface area contributed by atoms with Crippen LogP contribution in [0.15, 0.2) is 22.9 Å². The maximum absolute atomic E-state index is 6.21. The predicted octanol–water partition coefficient (Wildman–Crippen LogP) is 3.71. The Balaban J connectivity index is 2.44. The second-order valence-electron chi connectivity index (χ2n) is 4.71. The summed E-state index contributed by atoms with van der Waals surface area (Å²) >= 11 is 3.54. The number of hydrogen-bond donors (Lipinski definition) is 1. The number of aromatic nitrogens is 2. The van der Waals surface area contributed by atoms with Crippen LogP contribution in [-0.2, 0) is 6.54 Å². The Morgan fingerprint density at radius 2 is 1.90 bits per heavy atom. The number of hydrogen-bond acceptors (Lipinski definition) is 4. The summed E-state index contributed by atoms with van der Waals surface area (Å²) in [5.41, 5.74) is 7.85. The Bertz CT molecular complexity index is 626. The van der Waals surface area contributed by atoms with E-state index in [1.54, 1.807) is 20.5 Å². The van der Waals surface area contributed by atoms with Crippen LogP contribution in [0.1, 0.15) is 19.8 Å². The van der Waals surface area contributed by atoms with Gasteiger partial charge in [-0.3, -0.25) is 0 Å². The molecule has 0 saturated heterocycles. The molecule has 0 aliphatic carbocycles. The third-order valence-corrected chi connectivity index (χ3v) is 4.02. The van der Waals surface area contributed by atoms with Gasteiger partial charge >= 0.3 is 0 Å². The topological polar surface area (TPSA) is 62.3 Å². The fourth-order valence-corrected chi connectivity index (χ4v) is 2.65. The van der Waals surface area contributed by atoms with Gasteiger partial charge in [-0.1, -0.05) is 13.3 Å². The summed E-state index contributed by atoms with van der Waals surface area (Å²) in [5.74, 6) is 1.98. The first-order valence-corrected chi connectivity index (χ1v) is 7.64. The maximum Gasteiger partial charge on any atom is 0.161 e. The Kier molecular flexibility index (Phi) is 5.12. The molecular weight excluding hydrogens is 334 g/mol. The average Bonchev–Trinajstić information content (AvgIpc) is 2.85. The lowest BCUT2D eigenvalue weighted by Crippen LogP contribution is -2.02. The molecule has 114 valence electrons. The molecule has 0 bridgehead atoms. The van der Waals surface area contributed by atoms with Gasteiger partial charge in [0.25, 0.3) is 0 Å². The van der Waals surface area contributed by atoms with Gasteiger partial charge in [0.1, 0.15) is 11.5 Å². The zero-order valence-corrected chi connectivity index (χ0v) is 14.1. The maximum atomic E-state index is 6.21. The minimum absolute atomic E-state index is 0.651. The third kappa shape index (κ3) is 3.15. The van der Waals surface area contributed by atoms with Gasteiger partial charge in [0.15, 0.2) is 11.5 Å². The van der Waals surface area contributed by atoms with Crippen LogP contribution in [-0.4, -0.2) is 23.8 Å². The van der Waals surface area contributed by atoms with Gasteiger partial charge in [-0.2, -0.15) is 0 Å². The molecule has 0 fully saturated rings. The van der Waals surface area contributed by atoms with Gasteiger partial charge in [-0.25, -0.2) is 4.98 Å². The Hall–Kier alpha value is -1.69. The minimum Gasteiger partial charge on any atom is -0.493 e. The second kappa shape index (κ2) is 6.85. The number of nitrogens with zero attached hydrogens (tertiary/aromatic N) is 2. The lowest BCUT2D eigenvalue weighted by Gasteiger charge is -2.11. The molecule has 1 aromatic carbocycles. The average molecular weight is 354 g/mol. The van der Waals surface area contributed by atoms with Crippen molar-refractivity contribution >= 4 is 21.7 Å². The monoisotopic (exact) mass is 353 g/mol. The molecule has 0 saturated carbocycles. The summed E-state index contributed by atoms with van der Waals surface area (Å²) in [5, 5.41) is 0. The van der Waals surface area contributed by atoms with Crippen molar-refractivity contribution < 1.29 is 9.47 Å². The number of nitrogen functional groups attached to an aromatic ring is 1. The molecule has 21 heavy (non-hydrogen) atoms. The Labute approximate surface area is 133 Å². The van der Waals surface area contributed by atoms with Crippen molar-refractivity contribution in [2.24, 2.45) is 0 Å². The van der Waals surface area contributed by atoms with E-state index >= 15 is 0 Å². The summed E-state index contributed by atoms with van der Waals surface area (Å²) in [4.78, 5) is 4.44. The zero-order valence-electron chi connectivity index (χ0n) is 12.5. The molecule has 0 atom stereocenters. The van der Waals surface area contributed by atoms with Crippen LogP contribution in [0.2, 0.25) is 0 Å². The van der Waals surface area contributed by atoms with Crippen LogP contribution in [0.3, 0.4) is 0 Å². The summed E-state index contributed by atoms with van der Waals surface area (Å²) in [6, 6.07) is 3.74. The molecule has 1 heterocycles. The van der Waals surface area contributed by atoms with Crippen molar-refractivity contribution in [1.82, 2.24) is 9.55 Å². The lowest BCUT2D eigenvalue weighted by atomic mass is 10.1. The molecule has 0 radical (unpaired) electrons. The molecule has 0 aliphatic heterocycles. The quantitative estimate of drug-likeness (QED) is 0.859. The molecule has 2 aromatic rings. The summed E-state index contributed by atoms with van der Waals surface area (Å²) < 4.78 is 13.5. The van der Waals surface area contributed by atoms with Crippen LogP contribution in [0.4, 0.5) is 5.82 Å². The van der Waals surface area contributed by atoms with Gasteiger partial charge in [-0.15, -0.1) is 0 Å². The number of imidazole rings is 1. The van der Waals surface area contributed by atoms with E-state index in [1.807, 2.05) is 16.7 Å². The van der Waals surface area contributed by atoms with E-state index in [1.165, 1.54) is 0 Å². The lowest BCUT2D eigenvalue weighted by molar-refractivity contribution is 0.355. The van der Waals surface area contributed by atoms with E-state index < -0.39 is 0 Å². The first kappa shape index (κ1) is 15.7. The van der Waals surface area contributed by atoms with Crippen molar-refractivity contribution in [2.45, 2.75) is 26.3 Å². The standard InChI is InChI=1S/C15H20BrN3O2/c1-4-5-6-19-9-18-14(15(19)17)10-7-12(20-2)13(21-3)8-11(10)16/h7-9H,4-6,17H2,1-3H3. The Morgan fingerprint density at radius 1 is 1.24 bits per heavy atom. The fraction of sp³-hybridized carbons (Fsp3) is 0.400. The Morgan fingerprint density at radius 3 is 2.52 bits per heavy atom. The van der Waals surface area contributed by atoms with E-state index in [0.29, 0.717) is 17.3 Å². The number of rotatable bonds is 6. The SMILES string of the molecule is CCCCn1cnc(-c2cc(OC)c(OC)cc2Br)c1N. The molecule has 2 N–H and O–H groups in total. The zero-order chi connectivity index (χ0) is 15.4. The van der Waals surface area contributed by atoms with Gasteiger partial charge < -0.3 is 19.8 Å². The number of anilines is 1. The molecule has 2 rings (SSSR count). The van der Waals surface area contributed by atoms with Crippen LogP contribution in [0.5, 0.6) is 11.5 Å². The van der Waals surface area contributed by atoms with Crippen molar-refractivity contribution in [3.8, 4) is 22.8 Å². The molecule has 6 heteroatoms. The number of aryl methyl sites for hydroxylation is 1. The highest BCUT2D eigenvalue weighted by Gasteiger charge is 2.16. The van der Waals surface area contributed by atoms with Crippen LogP contribution in [0, 0.1) is 0 Å². The molecule has 0 aliphatic rings. The summed E-state index contributed by atoms with van der Waals surface area (Å²) in [6.45, 7) is 3.03. The summed E-state index contributed by atoms with van der Waals surface area (Å²) in [6.07, 6.45) is 3.98. The fourth-order valence-electron chi connectivity index (χ4n) is 2.14. The number of ether oxygens (including phenoxy) is 2. The van der Waals surface area contributed by atoms with E-state index in [2.05, 4.69) is 27.8 Å². The largest absolute Gasteiger partial charge is 0.493 e. The van der Waals surface area contributed by atoms with Crippen LogP contribution in [0.25, 0.3) is 11.3 Å². The number of halogens is 1. The van der Waals surface area contributed by atoms with E-state index in [-0.39, 0.29) is 0 Å². The van der Waals surface area contributed by atoms with Crippen LogP contribution >= 0.6 is 15.9 Å². The summed E-state index contributed by atoms with van der Waals surface area (Å²) in [7, 11) is 3.22. The molecule has 1 aromatic heterocycles. The van der Waals surface area contributed by atoms with E-state index in [9.17, 15) is 0 Å². The van der Waals surface area contributed by atoms with E-state index in [4.69, 9.17) is 15.2 Å². The molecular formula is C15H20BrN3O2. The number of methoxy groups -OCH3 is 2. The van der Waals surface area contributed by atoms with Gasteiger partial charge in [-0.05, 0) is 34.5 Å². The van der Waals surface area contributed by atoms with Crippen molar-refractivity contribution in [1.29, 1.82) is 0 Å². The predicted molar refractivity (Wildman–Crippen MR) is 87.8 cm³/mol. The first-order valence-electron chi connectivity index (χ1n) is 6.84. The van der Waals surface area contributed by atoms with Crippen LogP contribution < -0.4 is 15.2 Å². The van der Waals surface area contributed by atoms with E-state index in [0.717, 1.165) is 35.1 Å². The number of benzene rings is 1. The smallest absolute Gasteiger partial charge is 0.161 e. The molecule has 5 nitrogen and oxygen atoms in total. The van der Waals surface area contributed by atoms with Crippen molar-refractivity contribution in [2.75, 3.05) is 20.0 Å². The number of nitrogens with two attached hydrogens (primary N) is 1. The molecule has 0 unspecified atom stereocenters. The highest BCUT2D eigenvalue weighted by Crippen LogP contribution is 2.39. The van der Waals surface area contributed by atoms with Gasteiger partial charge in [0, 0.05) is 16.6 Å². The highest BCUT2D eigenvalue weighted by molar-refractivity contribution is 9.10. The number of unbranched alkanes of at least 4 members (excludes halogenated alkanes) is 1. The highest BCUT2D eigenvalue weighted by atomic mass is 79.9. The van der Waals surface area contributed by atoms with Gasteiger partial charge in [0.05, 0.1) is 20.5 Å². The third-order valence-electron chi connectivity index (χ3n) is 3.36. The van der Waals surface area contributed by atoms with Crippen molar-refractivity contribution in [3.05, 3.63) is 22.9 Å². The van der Waals surface area contributed by atoms with Crippen molar-refractivity contribution in [3.63, 3.8) is 0 Å².